The molecule has 134 valence electrons. The highest BCUT2D eigenvalue weighted by Gasteiger charge is 2.26. The number of thiazole rings is 1. The summed E-state index contributed by atoms with van der Waals surface area (Å²) in [5.74, 6) is 0.262. The molecule has 2 atom stereocenters. The second-order valence-electron chi connectivity index (χ2n) is 6.61. The van der Waals surface area contributed by atoms with Gasteiger partial charge in [-0.2, -0.15) is 0 Å². The predicted molar refractivity (Wildman–Crippen MR) is 102 cm³/mol. The molecule has 0 aliphatic heterocycles. The van der Waals surface area contributed by atoms with Gasteiger partial charge in [0.05, 0.1) is 10.2 Å². The molecule has 2 amide bonds. The van der Waals surface area contributed by atoms with Crippen molar-refractivity contribution in [3.05, 3.63) is 18.2 Å². The summed E-state index contributed by atoms with van der Waals surface area (Å²) in [4.78, 5) is 28.3. The van der Waals surface area contributed by atoms with Crippen molar-refractivity contribution in [2.24, 2.45) is 11.7 Å². The third-order valence-electron chi connectivity index (χ3n) is 4.56. The molecule has 2 aromatic rings. The molecule has 3 rings (SSSR count). The van der Waals surface area contributed by atoms with E-state index in [0.717, 1.165) is 41.6 Å². The molecule has 1 saturated carbocycles. The van der Waals surface area contributed by atoms with Crippen molar-refractivity contribution < 1.29 is 9.59 Å². The minimum Gasteiger partial charge on any atom is -0.327 e. The van der Waals surface area contributed by atoms with E-state index in [0.29, 0.717) is 18.0 Å². The van der Waals surface area contributed by atoms with E-state index in [9.17, 15) is 9.59 Å². The monoisotopic (exact) mass is 360 g/mol. The van der Waals surface area contributed by atoms with Crippen LogP contribution < -0.4 is 16.4 Å². The number of nitrogens with two attached hydrogens (primary N) is 1. The van der Waals surface area contributed by atoms with Crippen molar-refractivity contribution in [1.29, 1.82) is 0 Å². The summed E-state index contributed by atoms with van der Waals surface area (Å²) in [6.07, 6.45) is 4.91. The molecule has 1 aromatic carbocycles. The van der Waals surface area contributed by atoms with Gasteiger partial charge in [0, 0.05) is 24.6 Å². The number of fused-ring (bicyclic) bond motifs is 1. The highest BCUT2D eigenvalue weighted by atomic mass is 32.1. The van der Waals surface area contributed by atoms with E-state index in [1.54, 1.807) is 0 Å². The van der Waals surface area contributed by atoms with E-state index < -0.39 is 0 Å². The van der Waals surface area contributed by atoms with Gasteiger partial charge in [0.2, 0.25) is 11.8 Å². The molecule has 0 unspecified atom stereocenters. The van der Waals surface area contributed by atoms with Crippen molar-refractivity contribution in [2.45, 2.75) is 51.5 Å². The number of carbonyl (C=O) groups excluding carboxylic acids is 2. The summed E-state index contributed by atoms with van der Waals surface area (Å²) in [5.41, 5.74) is 7.60. The number of hydrogen-bond acceptors (Lipinski definition) is 5. The Hall–Kier alpha value is -1.99. The number of amides is 2. The summed E-state index contributed by atoms with van der Waals surface area (Å²) >= 11 is 1.41. The minimum atomic E-state index is -0.0250. The van der Waals surface area contributed by atoms with Gasteiger partial charge in [-0.1, -0.05) is 24.7 Å². The lowest BCUT2D eigenvalue weighted by atomic mass is 10.00. The molecule has 1 aliphatic carbocycles. The zero-order valence-electron chi connectivity index (χ0n) is 14.4. The van der Waals surface area contributed by atoms with Crippen LogP contribution in [-0.2, 0) is 9.59 Å². The van der Waals surface area contributed by atoms with Crippen LogP contribution in [0, 0.1) is 5.92 Å². The fourth-order valence-corrected chi connectivity index (χ4v) is 4.16. The number of rotatable bonds is 6. The summed E-state index contributed by atoms with van der Waals surface area (Å²) in [6, 6.07) is 5.74. The van der Waals surface area contributed by atoms with Crippen molar-refractivity contribution in [3.63, 3.8) is 0 Å². The van der Waals surface area contributed by atoms with E-state index in [2.05, 4.69) is 15.6 Å². The van der Waals surface area contributed by atoms with E-state index in [-0.39, 0.29) is 23.8 Å². The second-order valence-corrected chi connectivity index (χ2v) is 7.64. The van der Waals surface area contributed by atoms with Gasteiger partial charge in [-0.25, -0.2) is 4.98 Å². The number of benzene rings is 1. The van der Waals surface area contributed by atoms with Gasteiger partial charge in [0.15, 0.2) is 5.13 Å². The first-order valence-corrected chi connectivity index (χ1v) is 9.62. The lowest BCUT2D eigenvalue weighted by Gasteiger charge is -2.14. The average Bonchev–Trinajstić information content (AvgIpc) is 3.13. The smallest absolute Gasteiger partial charge is 0.226 e. The summed E-state index contributed by atoms with van der Waals surface area (Å²) < 4.78 is 0.933. The van der Waals surface area contributed by atoms with Crippen molar-refractivity contribution in [2.75, 3.05) is 10.6 Å². The zero-order chi connectivity index (χ0) is 17.8. The van der Waals surface area contributed by atoms with Crippen molar-refractivity contribution in [1.82, 2.24) is 4.98 Å². The van der Waals surface area contributed by atoms with Crippen molar-refractivity contribution in [3.8, 4) is 0 Å². The SMILES string of the molecule is CCCC(=O)Nc1nc2ccc(NC(=O)C[C@@H]3CCC[C@H]3N)cc2s1. The van der Waals surface area contributed by atoms with E-state index in [4.69, 9.17) is 5.73 Å². The molecule has 0 spiro atoms. The third-order valence-corrected chi connectivity index (χ3v) is 5.49. The van der Waals surface area contributed by atoms with Crippen LogP contribution in [0.15, 0.2) is 18.2 Å². The van der Waals surface area contributed by atoms with Gasteiger partial charge in [-0.15, -0.1) is 0 Å². The fraction of sp³-hybridized carbons (Fsp3) is 0.500. The molecule has 0 radical (unpaired) electrons. The van der Waals surface area contributed by atoms with Gasteiger partial charge in [0.25, 0.3) is 0 Å². The largest absolute Gasteiger partial charge is 0.327 e. The topological polar surface area (TPSA) is 97.1 Å². The Labute approximate surface area is 151 Å². The predicted octanol–water partition coefficient (Wildman–Crippen LogP) is 3.49. The highest BCUT2D eigenvalue weighted by molar-refractivity contribution is 7.22. The Morgan fingerprint density at radius 1 is 1.28 bits per heavy atom. The van der Waals surface area contributed by atoms with Gasteiger partial charge in [-0.3, -0.25) is 9.59 Å². The molecule has 0 saturated heterocycles. The number of aromatic nitrogens is 1. The van der Waals surface area contributed by atoms with Crippen LogP contribution in [0.5, 0.6) is 0 Å². The van der Waals surface area contributed by atoms with Crippen LogP contribution in [0.3, 0.4) is 0 Å². The average molecular weight is 360 g/mol. The molecule has 6 nitrogen and oxygen atoms in total. The maximum absolute atomic E-state index is 12.2. The molecular weight excluding hydrogens is 336 g/mol. The van der Waals surface area contributed by atoms with Crippen LogP contribution in [-0.4, -0.2) is 22.8 Å². The number of carbonyl (C=O) groups is 2. The van der Waals surface area contributed by atoms with E-state index in [1.165, 1.54) is 11.3 Å². The van der Waals surface area contributed by atoms with Crippen LogP contribution in [0.1, 0.15) is 45.4 Å². The maximum Gasteiger partial charge on any atom is 0.226 e. The maximum atomic E-state index is 12.2. The normalized spacial score (nSPS) is 19.9. The molecular formula is C18H24N4O2S. The molecule has 7 heteroatoms. The lowest BCUT2D eigenvalue weighted by molar-refractivity contribution is -0.117. The number of nitrogens with zero attached hydrogens (tertiary/aromatic N) is 1. The van der Waals surface area contributed by atoms with Crippen LogP contribution >= 0.6 is 11.3 Å². The molecule has 0 bridgehead atoms. The Balaban J connectivity index is 1.64. The number of hydrogen-bond donors (Lipinski definition) is 3. The fourth-order valence-electron chi connectivity index (χ4n) is 3.23. The Kier molecular flexibility index (Phi) is 5.65. The van der Waals surface area contributed by atoms with Gasteiger partial charge in [0.1, 0.15) is 0 Å². The van der Waals surface area contributed by atoms with Gasteiger partial charge < -0.3 is 16.4 Å². The van der Waals surface area contributed by atoms with Crippen molar-refractivity contribution >= 4 is 44.2 Å². The molecule has 1 heterocycles. The van der Waals surface area contributed by atoms with Crippen LogP contribution in [0.25, 0.3) is 10.2 Å². The molecule has 4 N–H and O–H groups in total. The standard InChI is InChI=1S/C18H24N4O2S/c1-2-4-16(23)22-18-21-14-8-7-12(10-15(14)25-18)20-17(24)9-11-5-3-6-13(11)19/h7-8,10-11,13H,2-6,9,19H2,1H3,(H,20,24)(H,21,22,23)/t11-,13+/m0/s1. The summed E-state index contributed by atoms with van der Waals surface area (Å²) in [7, 11) is 0. The molecule has 1 aliphatic rings. The highest BCUT2D eigenvalue weighted by Crippen LogP contribution is 2.30. The molecule has 1 fully saturated rings. The minimum absolute atomic E-state index is 0.00249. The third kappa shape index (κ3) is 4.55. The number of anilines is 2. The van der Waals surface area contributed by atoms with Crippen LogP contribution in [0.2, 0.25) is 0 Å². The first-order chi connectivity index (χ1) is 12.0. The van der Waals surface area contributed by atoms with Gasteiger partial charge >= 0.3 is 0 Å². The summed E-state index contributed by atoms with van der Waals surface area (Å²) in [6.45, 7) is 1.96. The molecule has 25 heavy (non-hydrogen) atoms. The molecule has 1 aromatic heterocycles. The lowest BCUT2D eigenvalue weighted by Crippen LogP contribution is -2.28. The summed E-state index contributed by atoms with van der Waals surface area (Å²) in [5, 5.41) is 6.35. The quantitative estimate of drug-likeness (QED) is 0.734. The first kappa shape index (κ1) is 17.8. The Morgan fingerprint density at radius 2 is 2.12 bits per heavy atom. The number of nitrogens with one attached hydrogen (secondary N) is 2. The van der Waals surface area contributed by atoms with Gasteiger partial charge in [-0.05, 0) is 43.4 Å². The van der Waals surface area contributed by atoms with Crippen LogP contribution in [0.4, 0.5) is 10.8 Å². The second kappa shape index (κ2) is 7.93. The first-order valence-electron chi connectivity index (χ1n) is 8.81. The van der Waals surface area contributed by atoms with E-state index >= 15 is 0 Å². The zero-order valence-corrected chi connectivity index (χ0v) is 15.2. The Bertz CT molecular complexity index is 774. The Morgan fingerprint density at radius 3 is 2.84 bits per heavy atom. The van der Waals surface area contributed by atoms with E-state index in [1.807, 2.05) is 25.1 Å².